The highest BCUT2D eigenvalue weighted by Gasteiger charge is 2.22. The van der Waals surface area contributed by atoms with E-state index in [4.69, 9.17) is 0 Å². The highest BCUT2D eigenvalue weighted by molar-refractivity contribution is 7.14. The second-order valence-electron chi connectivity index (χ2n) is 4.61. The number of anilines is 1. The summed E-state index contributed by atoms with van der Waals surface area (Å²) in [5.74, 6) is 0.199. The molecule has 0 atom stereocenters. The van der Waals surface area contributed by atoms with Crippen LogP contribution in [-0.4, -0.2) is 17.0 Å². The molecule has 0 spiro atoms. The van der Waals surface area contributed by atoms with Gasteiger partial charge in [-0.25, -0.2) is 0 Å². The van der Waals surface area contributed by atoms with Gasteiger partial charge in [0, 0.05) is 25.2 Å². The van der Waals surface area contributed by atoms with Crippen molar-refractivity contribution in [2.75, 3.05) is 11.4 Å². The van der Waals surface area contributed by atoms with Crippen LogP contribution in [0.5, 0.6) is 0 Å². The highest BCUT2D eigenvalue weighted by Crippen LogP contribution is 2.28. The van der Waals surface area contributed by atoms with Crippen molar-refractivity contribution in [2.24, 2.45) is 0 Å². The van der Waals surface area contributed by atoms with Gasteiger partial charge in [-0.2, -0.15) is 0 Å². The molecule has 1 aliphatic heterocycles. The molecule has 3 rings (SSSR count). The lowest BCUT2D eigenvalue weighted by Crippen LogP contribution is -2.22. The zero-order chi connectivity index (χ0) is 13.2. The minimum absolute atomic E-state index is 0.00695. The molecule has 0 saturated carbocycles. The molecule has 98 valence electrons. The molecule has 4 nitrogen and oxygen atoms in total. The van der Waals surface area contributed by atoms with Crippen molar-refractivity contribution in [1.82, 2.24) is 4.57 Å². The molecule has 2 aromatic heterocycles. The summed E-state index contributed by atoms with van der Waals surface area (Å²) in [6.07, 6.45) is 3.36. The van der Waals surface area contributed by atoms with Crippen molar-refractivity contribution in [2.45, 2.75) is 19.4 Å². The molecule has 5 heteroatoms. The Morgan fingerprint density at radius 1 is 1.26 bits per heavy atom. The third-order valence-electron chi connectivity index (χ3n) is 3.23. The smallest absolute Gasteiger partial charge is 0.250 e. The van der Waals surface area contributed by atoms with Crippen LogP contribution in [0.1, 0.15) is 18.4 Å². The highest BCUT2D eigenvalue weighted by atomic mass is 32.1. The van der Waals surface area contributed by atoms with Gasteiger partial charge in [0.2, 0.25) is 5.91 Å². The van der Waals surface area contributed by atoms with Crippen LogP contribution in [0.25, 0.3) is 0 Å². The molecule has 0 aromatic carbocycles. The number of carbonyl (C=O) groups excluding carboxylic acids is 1. The van der Waals surface area contributed by atoms with Crippen molar-refractivity contribution < 1.29 is 4.79 Å². The van der Waals surface area contributed by atoms with Crippen molar-refractivity contribution in [3.8, 4) is 0 Å². The van der Waals surface area contributed by atoms with E-state index in [0.29, 0.717) is 13.0 Å². The van der Waals surface area contributed by atoms with E-state index in [9.17, 15) is 9.59 Å². The molecule has 0 radical (unpaired) electrons. The van der Waals surface area contributed by atoms with Gasteiger partial charge < -0.3 is 9.47 Å². The van der Waals surface area contributed by atoms with Crippen LogP contribution in [0, 0.1) is 0 Å². The van der Waals surface area contributed by atoms with Gasteiger partial charge in [-0.15, -0.1) is 11.3 Å². The minimum Gasteiger partial charge on any atom is -0.311 e. The van der Waals surface area contributed by atoms with E-state index in [1.807, 2.05) is 22.4 Å². The maximum atomic E-state index is 11.7. The monoisotopic (exact) mass is 274 g/mol. The molecular weight excluding hydrogens is 260 g/mol. The Hall–Kier alpha value is -1.88. The number of amides is 1. The van der Waals surface area contributed by atoms with Crippen molar-refractivity contribution in [3.63, 3.8) is 0 Å². The molecule has 1 saturated heterocycles. The third kappa shape index (κ3) is 2.46. The lowest BCUT2D eigenvalue weighted by Gasteiger charge is -2.11. The van der Waals surface area contributed by atoms with Crippen LogP contribution < -0.4 is 10.5 Å². The molecule has 2 aromatic rings. The number of thiophene rings is 1. The van der Waals surface area contributed by atoms with Gasteiger partial charge in [0.25, 0.3) is 5.56 Å². The van der Waals surface area contributed by atoms with E-state index in [2.05, 4.69) is 0 Å². The molecule has 0 bridgehead atoms. The van der Waals surface area contributed by atoms with Gasteiger partial charge in [0.05, 0.1) is 11.5 Å². The van der Waals surface area contributed by atoms with Gasteiger partial charge >= 0.3 is 0 Å². The quantitative estimate of drug-likeness (QED) is 0.860. The largest absolute Gasteiger partial charge is 0.311 e. The van der Waals surface area contributed by atoms with Gasteiger partial charge in [0.1, 0.15) is 0 Å². The van der Waals surface area contributed by atoms with Crippen LogP contribution in [0.2, 0.25) is 0 Å². The van der Waals surface area contributed by atoms with Crippen LogP contribution in [0.3, 0.4) is 0 Å². The number of hydrogen-bond donors (Lipinski definition) is 0. The van der Waals surface area contributed by atoms with Gasteiger partial charge in [0.15, 0.2) is 0 Å². The first-order valence-electron chi connectivity index (χ1n) is 6.27. The Morgan fingerprint density at radius 2 is 2.16 bits per heavy atom. The van der Waals surface area contributed by atoms with E-state index in [0.717, 1.165) is 23.5 Å². The Morgan fingerprint density at radius 3 is 2.89 bits per heavy atom. The number of aromatic nitrogens is 1. The summed E-state index contributed by atoms with van der Waals surface area (Å²) in [4.78, 5) is 25.1. The molecule has 0 N–H and O–H groups in total. The Bertz CT molecular complexity index is 659. The summed E-state index contributed by atoms with van der Waals surface area (Å²) in [7, 11) is 0. The molecule has 19 heavy (non-hydrogen) atoms. The standard InChI is InChI=1S/C14H14N2O2S/c17-12-4-1-2-6-15(12)9-11-8-14(19-10-11)16-7-3-5-13(16)18/h1-2,4,6,8,10H,3,5,7,9H2. The first kappa shape index (κ1) is 12.2. The van der Waals surface area contributed by atoms with Crippen molar-refractivity contribution in [3.05, 3.63) is 51.8 Å². The number of rotatable bonds is 3. The third-order valence-corrected chi connectivity index (χ3v) is 4.23. The minimum atomic E-state index is -0.00695. The first-order valence-corrected chi connectivity index (χ1v) is 7.15. The summed E-state index contributed by atoms with van der Waals surface area (Å²) in [5, 5.41) is 3.00. The molecule has 1 fully saturated rings. The molecular formula is C14H14N2O2S. The molecule has 0 unspecified atom stereocenters. The zero-order valence-corrected chi connectivity index (χ0v) is 11.2. The van der Waals surface area contributed by atoms with E-state index in [-0.39, 0.29) is 11.5 Å². The summed E-state index contributed by atoms with van der Waals surface area (Å²) < 4.78 is 1.66. The Kier molecular flexibility index (Phi) is 3.21. The lowest BCUT2D eigenvalue weighted by molar-refractivity contribution is -0.117. The predicted molar refractivity (Wildman–Crippen MR) is 75.7 cm³/mol. The molecule has 1 aliphatic rings. The van der Waals surface area contributed by atoms with Crippen LogP contribution in [0.15, 0.2) is 40.6 Å². The predicted octanol–water partition coefficient (Wildman–Crippen LogP) is 2.08. The number of hydrogen-bond acceptors (Lipinski definition) is 3. The normalized spacial score (nSPS) is 15.2. The first-order chi connectivity index (χ1) is 9.24. The van der Waals surface area contributed by atoms with Crippen LogP contribution in [0.4, 0.5) is 5.00 Å². The van der Waals surface area contributed by atoms with Gasteiger partial charge in [-0.1, -0.05) is 6.07 Å². The Balaban J connectivity index is 1.80. The summed E-state index contributed by atoms with van der Waals surface area (Å²) >= 11 is 1.57. The second-order valence-corrected chi connectivity index (χ2v) is 5.50. The topological polar surface area (TPSA) is 42.3 Å². The molecule has 3 heterocycles. The summed E-state index contributed by atoms with van der Waals surface area (Å²) in [6, 6.07) is 7.14. The molecule has 1 amide bonds. The second kappa shape index (κ2) is 5.01. The summed E-state index contributed by atoms with van der Waals surface area (Å²) in [5.41, 5.74) is 1.06. The van der Waals surface area contributed by atoms with E-state index >= 15 is 0 Å². The fourth-order valence-electron chi connectivity index (χ4n) is 2.26. The number of carbonyl (C=O) groups is 1. The summed E-state index contributed by atoms with van der Waals surface area (Å²) in [6.45, 7) is 1.36. The number of nitrogens with zero attached hydrogens (tertiary/aromatic N) is 2. The average molecular weight is 274 g/mol. The van der Waals surface area contributed by atoms with Gasteiger partial charge in [-0.3, -0.25) is 9.59 Å². The SMILES string of the molecule is O=C1CCCN1c1cc(Cn2ccccc2=O)cs1. The van der Waals surface area contributed by atoms with Crippen LogP contribution in [-0.2, 0) is 11.3 Å². The zero-order valence-electron chi connectivity index (χ0n) is 10.4. The average Bonchev–Trinajstić information content (AvgIpc) is 3.01. The van der Waals surface area contributed by atoms with E-state index < -0.39 is 0 Å². The van der Waals surface area contributed by atoms with Crippen LogP contribution >= 0.6 is 11.3 Å². The maximum Gasteiger partial charge on any atom is 0.250 e. The van der Waals surface area contributed by atoms with Crippen molar-refractivity contribution in [1.29, 1.82) is 0 Å². The fourth-order valence-corrected chi connectivity index (χ4v) is 3.21. The molecule has 0 aliphatic carbocycles. The van der Waals surface area contributed by atoms with E-state index in [1.165, 1.54) is 0 Å². The lowest BCUT2D eigenvalue weighted by atomic mass is 10.3. The van der Waals surface area contributed by atoms with Crippen molar-refractivity contribution >= 4 is 22.2 Å². The maximum absolute atomic E-state index is 11.7. The fraction of sp³-hybridized carbons (Fsp3) is 0.286. The van der Waals surface area contributed by atoms with E-state index in [1.54, 1.807) is 34.2 Å². The van der Waals surface area contributed by atoms with Gasteiger partial charge in [-0.05, 0) is 29.5 Å². The number of pyridine rings is 1. The Labute approximate surface area is 114 Å².